The third kappa shape index (κ3) is 3.79. The van der Waals surface area contributed by atoms with Gasteiger partial charge in [-0.2, -0.15) is 12.7 Å². The molecule has 1 saturated carbocycles. The Labute approximate surface area is 104 Å². The number of hydrogen-bond acceptors (Lipinski definition) is 2. The molecule has 1 N–H and O–H groups in total. The van der Waals surface area contributed by atoms with Gasteiger partial charge in [0, 0.05) is 19.6 Å². The highest BCUT2D eigenvalue weighted by Crippen LogP contribution is 2.27. The summed E-state index contributed by atoms with van der Waals surface area (Å²) >= 11 is 0. The molecule has 17 heavy (non-hydrogen) atoms. The van der Waals surface area contributed by atoms with Crippen molar-refractivity contribution in [1.82, 2.24) is 9.03 Å². The normalized spacial score (nSPS) is 21.6. The summed E-state index contributed by atoms with van der Waals surface area (Å²) in [4.78, 5) is 0. The van der Waals surface area contributed by atoms with Crippen LogP contribution in [0.25, 0.3) is 0 Å². The highest BCUT2D eigenvalue weighted by Gasteiger charge is 2.33. The fourth-order valence-electron chi connectivity index (χ4n) is 2.21. The van der Waals surface area contributed by atoms with E-state index in [9.17, 15) is 8.42 Å². The summed E-state index contributed by atoms with van der Waals surface area (Å²) in [6.07, 6.45) is 9.95. The van der Waals surface area contributed by atoms with Gasteiger partial charge < -0.3 is 0 Å². The lowest BCUT2D eigenvalue weighted by molar-refractivity contribution is 0.452. The minimum absolute atomic E-state index is 0.237. The summed E-state index contributed by atoms with van der Waals surface area (Å²) in [5, 5.41) is 0. The van der Waals surface area contributed by atoms with Gasteiger partial charge in [0.05, 0.1) is 0 Å². The van der Waals surface area contributed by atoms with Crippen LogP contribution >= 0.6 is 0 Å². The first-order valence-electron chi connectivity index (χ1n) is 6.50. The minimum Gasteiger partial charge on any atom is -0.202 e. The van der Waals surface area contributed by atoms with E-state index in [-0.39, 0.29) is 6.04 Å². The maximum absolute atomic E-state index is 11.8. The lowest BCUT2D eigenvalue weighted by Crippen LogP contribution is -2.39. The van der Waals surface area contributed by atoms with Crippen molar-refractivity contribution in [1.29, 1.82) is 0 Å². The van der Waals surface area contributed by atoms with Crippen molar-refractivity contribution in [3.8, 4) is 0 Å². The minimum atomic E-state index is -3.24. The summed E-state index contributed by atoms with van der Waals surface area (Å²) in [6, 6.07) is 0.237. The van der Waals surface area contributed by atoms with Crippen LogP contribution in [-0.4, -0.2) is 32.4 Å². The molecule has 0 aromatic rings. The van der Waals surface area contributed by atoms with Crippen LogP contribution in [0.3, 0.4) is 0 Å². The molecule has 1 fully saturated rings. The first-order valence-corrected chi connectivity index (χ1v) is 7.94. The van der Waals surface area contributed by atoms with Crippen LogP contribution in [0.15, 0.2) is 11.6 Å². The van der Waals surface area contributed by atoms with E-state index in [0.717, 1.165) is 32.1 Å². The topological polar surface area (TPSA) is 49.4 Å². The van der Waals surface area contributed by atoms with Gasteiger partial charge in [-0.15, -0.1) is 0 Å². The SMILES string of the molecule is CN(C1CC1)S(=O)(=O)NCCC1=CCCCC1. The largest absolute Gasteiger partial charge is 0.279 e. The maximum atomic E-state index is 11.8. The first kappa shape index (κ1) is 13.1. The average molecular weight is 258 g/mol. The predicted octanol–water partition coefficient (Wildman–Crippen LogP) is 1.81. The molecular weight excluding hydrogens is 236 g/mol. The van der Waals surface area contributed by atoms with Crippen LogP contribution in [0.2, 0.25) is 0 Å². The second kappa shape index (κ2) is 5.50. The van der Waals surface area contributed by atoms with Crippen molar-refractivity contribution in [3.05, 3.63) is 11.6 Å². The number of allylic oxidation sites excluding steroid dienone is 1. The van der Waals surface area contributed by atoms with Gasteiger partial charge in [-0.25, -0.2) is 4.72 Å². The van der Waals surface area contributed by atoms with Gasteiger partial charge in [-0.1, -0.05) is 11.6 Å². The highest BCUT2D eigenvalue weighted by atomic mass is 32.2. The molecule has 0 heterocycles. The van der Waals surface area contributed by atoms with E-state index >= 15 is 0 Å². The van der Waals surface area contributed by atoms with Gasteiger partial charge >= 0.3 is 0 Å². The van der Waals surface area contributed by atoms with Crippen molar-refractivity contribution >= 4 is 10.2 Å². The van der Waals surface area contributed by atoms with E-state index in [1.165, 1.54) is 22.7 Å². The third-order valence-electron chi connectivity index (χ3n) is 3.56. The van der Waals surface area contributed by atoms with E-state index < -0.39 is 10.2 Å². The molecule has 98 valence electrons. The lowest BCUT2D eigenvalue weighted by Gasteiger charge is -2.18. The predicted molar refractivity (Wildman–Crippen MR) is 68.9 cm³/mol. The molecule has 2 aliphatic carbocycles. The van der Waals surface area contributed by atoms with Crippen molar-refractivity contribution in [3.63, 3.8) is 0 Å². The van der Waals surface area contributed by atoms with Gasteiger partial charge in [0.15, 0.2) is 0 Å². The van der Waals surface area contributed by atoms with E-state index in [0.29, 0.717) is 6.54 Å². The highest BCUT2D eigenvalue weighted by molar-refractivity contribution is 7.87. The van der Waals surface area contributed by atoms with Crippen molar-refractivity contribution in [2.45, 2.75) is 51.0 Å². The zero-order chi connectivity index (χ0) is 12.3. The van der Waals surface area contributed by atoms with Crippen LogP contribution in [0, 0.1) is 0 Å². The molecule has 0 aliphatic heterocycles. The summed E-state index contributed by atoms with van der Waals surface area (Å²) in [6.45, 7) is 0.533. The second-order valence-electron chi connectivity index (χ2n) is 5.00. The van der Waals surface area contributed by atoms with Gasteiger partial charge in [0.25, 0.3) is 10.2 Å². The quantitative estimate of drug-likeness (QED) is 0.739. The fraction of sp³-hybridized carbons (Fsp3) is 0.833. The Morgan fingerprint density at radius 3 is 2.76 bits per heavy atom. The molecule has 2 aliphatic rings. The standard InChI is InChI=1S/C12H22N2O2S/c1-14(12-7-8-12)17(15,16)13-10-9-11-5-3-2-4-6-11/h5,12-13H,2-4,6-10H2,1H3. The van der Waals surface area contributed by atoms with Crippen LogP contribution in [0.4, 0.5) is 0 Å². The van der Waals surface area contributed by atoms with E-state index in [2.05, 4.69) is 10.8 Å². The molecule has 0 saturated heterocycles. The number of nitrogens with zero attached hydrogens (tertiary/aromatic N) is 1. The number of rotatable bonds is 6. The number of hydrogen-bond donors (Lipinski definition) is 1. The zero-order valence-corrected chi connectivity index (χ0v) is 11.3. The monoisotopic (exact) mass is 258 g/mol. The van der Waals surface area contributed by atoms with E-state index in [4.69, 9.17) is 0 Å². The molecule has 0 unspecified atom stereocenters. The molecule has 0 amide bonds. The summed E-state index contributed by atoms with van der Waals surface area (Å²) in [5.41, 5.74) is 1.41. The Morgan fingerprint density at radius 2 is 2.18 bits per heavy atom. The smallest absolute Gasteiger partial charge is 0.202 e. The van der Waals surface area contributed by atoms with Crippen LogP contribution in [0.1, 0.15) is 44.9 Å². The lowest BCUT2D eigenvalue weighted by atomic mass is 9.97. The van der Waals surface area contributed by atoms with Gasteiger partial charge in [0.2, 0.25) is 0 Å². The number of nitrogens with one attached hydrogen (secondary N) is 1. The third-order valence-corrected chi connectivity index (χ3v) is 5.18. The van der Waals surface area contributed by atoms with Crippen LogP contribution in [-0.2, 0) is 10.2 Å². The Kier molecular flexibility index (Phi) is 4.22. The molecule has 0 aromatic carbocycles. The maximum Gasteiger partial charge on any atom is 0.279 e. The van der Waals surface area contributed by atoms with Gasteiger partial charge in [0.1, 0.15) is 0 Å². The molecular formula is C12H22N2O2S. The molecule has 0 radical (unpaired) electrons. The summed E-state index contributed by atoms with van der Waals surface area (Å²) < 4.78 is 27.9. The molecule has 0 bridgehead atoms. The molecule has 0 aromatic heterocycles. The fourth-order valence-corrected chi connectivity index (χ4v) is 3.38. The van der Waals surface area contributed by atoms with E-state index in [1.807, 2.05) is 0 Å². The average Bonchev–Trinajstić information content (AvgIpc) is 3.13. The van der Waals surface area contributed by atoms with Gasteiger partial charge in [-0.05, 0) is 44.9 Å². The van der Waals surface area contributed by atoms with Crippen molar-refractivity contribution in [2.24, 2.45) is 0 Å². The van der Waals surface area contributed by atoms with Crippen LogP contribution < -0.4 is 4.72 Å². The van der Waals surface area contributed by atoms with Gasteiger partial charge in [-0.3, -0.25) is 0 Å². The summed E-state index contributed by atoms with van der Waals surface area (Å²) in [5.74, 6) is 0. The molecule has 5 heteroatoms. The van der Waals surface area contributed by atoms with Crippen molar-refractivity contribution < 1.29 is 8.42 Å². The molecule has 0 atom stereocenters. The Bertz CT molecular complexity index is 385. The molecule has 0 spiro atoms. The zero-order valence-electron chi connectivity index (χ0n) is 10.5. The molecule has 4 nitrogen and oxygen atoms in total. The Hall–Kier alpha value is -0.390. The first-order chi connectivity index (χ1) is 8.09. The molecule has 2 rings (SSSR count). The Balaban J connectivity index is 1.75. The van der Waals surface area contributed by atoms with E-state index in [1.54, 1.807) is 7.05 Å². The van der Waals surface area contributed by atoms with Crippen molar-refractivity contribution in [2.75, 3.05) is 13.6 Å². The summed E-state index contributed by atoms with van der Waals surface area (Å²) in [7, 11) is -1.58. The second-order valence-corrected chi connectivity index (χ2v) is 6.82. The Morgan fingerprint density at radius 1 is 1.41 bits per heavy atom. The van der Waals surface area contributed by atoms with Crippen LogP contribution in [0.5, 0.6) is 0 Å².